The zero-order valence-electron chi connectivity index (χ0n) is 18.1. The van der Waals surface area contributed by atoms with Crippen LogP contribution in [0.15, 0.2) is 41.5 Å². The van der Waals surface area contributed by atoms with Gasteiger partial charge in [0.25, 0.3) is 0 Å². The maximum Gasteiger partial charge on any atom is 0.231 e. The Morgan fingerprint density at radius 1 is 1.00 bits per heavy atom. The monoisotopic (exact) mass is 537 g/mol. The molecule has 2 aliphatic rings. The van der Waals surface area contributed by atoms with Crippen LogP contribution in [0.25, 0.3) is 0 Å². The average molecular weight is 537 g/mol. The minimum Gasteiger partial charge on any atom is -0.454 e. The van der Waals surface area contributed by atoms with E-state index in [2.05, 4.69) is 39.6 Å². The molecule has 2 aliphatic heterocycles. The van der Waals surface area contributed by atoms with E-state index in [-0.39, 0.29) is 30.8 Å². The average Bonchev–Trinajstić information content (AvgIpc) is 3.07. The van der Waals surface area contributed by atoms with Crippen LogP contribution >= 0.6 is 24.0 Å². The smallest absolute Gasteiger partial charge is 0.231 e. The first kappa shape index (κ1) is 23.4. The van der Waals surface area contributed by atoms with E-state index in [9.17, 15) is 0 Å². The van der Waals surface area contributed by atoms with Crippen molar-refractivity contribution in [3.05, 3.63) is 47.7 Å². The summed E-state index contributed by atoms with van der Waals surface area (Å²) in [5.74, 6) is 3.46. The molecule has 0 amide bonds. The zero-order valence-corrected chi connectivity index (χ0v) is 20.4. The Morgan fingerprint density at radius 2 is 1.81 bits per heavy atom. The molecule has 2 aromatic rings. The number of anilines is 1. The molecule has 0 aliphatic carbocycles. The molecule has 1 aromatic heterocycles. The lowest BCUT2D eigenvalue weighted by atomic mass is 10.2. The molecule has 1 saturated heterocycles. The molecule has 0 atom stereocenters. The van der Waals surface area contributed by atoms with Crippen LogP contribution < -0.4 is 25.0 Å². The molecule has 0 spiro atoms. The number of hydrogen-bond acceptors (Lipinski definition) is 5. The molecular formula is C23H32IN5O2. The van der Waals surface area contributed by atoms with Gasteiger partial charge in [0.2, 0.25) is 6.79 Å². The van der Waals surface area contributed by atoms with Crippen LogP contribution in [0.3, 0.4) is 0 Å². The third-order valence-corrected chi connectivity index (χ3v) is 5.40. The number of guanidine groups is 1. The van der Waals surface area contributed by atoms with Crippen molar-refractivity contribution in [2.75, 3.05) is 31.3 Å². The highest BCUT2D eigenvalue weighted by molar-refractivity contribution is 14.0. The zero-order chi connectivity index (χ0) is 20.6. The fourth-order valence-electron chi connectivity index (χ4n) is 3.78. The Hall–Kier alpha value is -2.23. The standard InChI is InChI=1S/C23H31N5O2.HI/c1-2-24-23(26-15-18-7-8-20-21(13-18)30-17-29-20)27-16-19-9-10-25-22(14-19)28-11-5-3-4-6-12-28;/h7-10,13-14H,2-6,11-12,15-17H2,1H3,(H2,24,26,27);1H. The summed E-state index contributed by atoms with van der Waals surface area (Å²) in [5, 5.41) is 6.76. The first-order chi connectivity index (χ1) is 14.8. The third kappa shape index (κ3) is 6.62. The van der Waals surface area contributed by atoms with Gasteiger partial charge in [0, 0.05) is 32.4 Å². The number of pyridine rings is 1. The first-order valence-corrected chi connectivity index (χ1v) is 10.9. The van der Waals surface area contributed by atoms with E-state index < -0.39 is 0 Å². The van der Waals surface area contributed by atoms with Crippen LogP contribution in [0, 0.1) is 0 Å². The van der Waals surface area contributed by atoms with Gasteiger partial charge in [-0.15, -0.1) is 24.0 Å². The number of nitrogens with zero attached hydrogens (tertiary/aromatic N) is 3. The number of ether oxygens (including phenoxy) is 2. The second kappa shape index (κ2) is 12.0. The molecule has 0 saturated carbocycles. The van der Waals surface area contributed by atoms with Gasteiger partial charge < -0.3 is 25.0 Å². The van der Waals surface area contributed by atoms with Crippen molar-refractivity contribution >= 4 is 35.8 Å². The number of nitrogens with one attached hydrogen (secondary N) is 2. The van der Waals surface area contributed by atoms with Gasteiger partial charge >= 0.3 is 0 Å². The molecule has 31 heavy (non-hydrogen) atoms. The van der Waals surface area contributed by atoms with Crippen molar-refractivity contribution in [2.45, 2.75) is 45.7 Å². The van der Waals surface area contributed by atoms with E-state index >= 15 is 0 Å². The second-order valence-electron chi connectivity index (χ2n) is 7.66. The van der Waals surface area contributed by atoms with E-state index in [0.29, 0.717) is 13.1 Å². The number of rotatable bonds is 6. The van der Waals surface area contributed by atoms with Crippen LogP contribution in [0.5, 0.6) is 11.5 Å². The van der Waals surface area contributed by atoms with E-state index in [0.717, 1.165) is 48.5 Å². The van der Waals surface area contributed by atoms with Gasteiger partial charge in [-0.2, -0.15) is 0 Å². The summed E-state index contributed by atoms with van der Waals surface area (Å²) < 4.78 is 10.8. The quantitative estimate of drug-likeness (QED) is 0.329. The molecule has 2 N–H and O–H groups in total. The maximum absolute atomic E-state index is 5.46. The minimum absolute atomic E-state index is 0. The van der Waals surface area contributed by atoms with Gasteiger partial charge in [0.1, 0.15) is 5.82 Å². The number of hydrogen-bond donors (Lipinski definition) is 2. The highest BCUT2D eigenvalue weighted by atomic mass is 127. The predicted octanol–water partition coefficient (Wildman–Crippen LogP) is 4.06. The van der Waals surface area contributed by atoms with Crippen molar-refractivity contribution in [1.29, 1.82) is 0 Å². The number of fused-ring (bicyclic) bond motifs is 1. The molecule has 0 radical (unpaired) electrons. The Bertz CT molecular complexity index is 869. The van der Waals surface area contributed by atoms with Crippen molar-refractivity contribution in [3.63, 3.8) is 0 Å². The van der Waals surface area contributed by atoms with Crippen molar-refractivity contribution in [1.82, 2.24) is 15.6 Å². The fraction of sp³-hybridized carbons (Fsp3) is 0.478. The Morgan fingerprint density at radius 3 is 2.61 bits per heavy atom. The summed E-state index contributed by atoms with van der Waals surface area (Å²) in [6.07, 6.45) is 7.06. The minimum atomic E-state index is 0. The first-order valence-electron chi connectivity index (χ1n) is 10.9. The number of aromatic nitrogens is 1. The summed E-state index contributed by atoms with van der Waals surface area (Å²) in [6.45, 7) is 6.65. The number of halogens is 1. The van der Waals surface area contributed by atoms with E-state index in [1.807, 2.05) is 24.4 Å². The lowest BCUT2D eigenvalue weighted by Crippen LogP contribution is -2.36. The summed E-state index contributed by atoms with van der Waals surface area (Å²) in [4.78, 5) is 11.7. The fourth-order valence-corrected chi connectivity index (χ4v) is 3.78. The van der Waals surface area contributed by atoms with Crippen LogP contribution in [-0.4, -0.2) is 37.4 Å². The molecule has 8 heteroatoms. The highest BCUT2D eigenvalue weighted by Crippen LogP contribution is 2.32. The van der Waals surface area contributed by atoms with Crippen molar-refractivity contribution < 1.29 is 9.47 Å². The van der Waals surface area contributed by atoms with Gasteiger partial charge in [-0.05, 0) is 55.2 Å². The van der Waals surface area contributed by atoms with Gasteiger partial charge in [-0.25, -0.2) is 9.98 Å². The van der Waals surface area contributed by atoms with E-state index in [1.165, 1.54) is 31.2 Å². The normalized spacial score (nSPS) is 15.8. The molecule has 0 unspecified atom stereocenters. The summed E-state index contributed by atoms with van der Waals surface area (Å²) in [7, 11) is 0. The van der Waals surface area contributed by atoms with Crippen LogP contribution in [0.4, 0.5) is 5.82 Å². The molecule has 1 fully saturated rings. The lowest BCUT2D eigenvalue weighted by Gasteiger charge is -2.22. The molecule has 168 valence electrons. The Kier molecular flexibility index (Phi) is 9.05. The Labute approximate surface area is 201 Å². The molecule has 7 nitrogen and oxygen atoms in total. The van der Waals surface area contributed by atoms with Crippen molar-refractivity contribution in [2.24, 2.45) is 4.99 Å². The molecule has 3 heterocycles. The van der Waals surface area contributed by atoms with Crippen molar-refractivity contribution in [3.8, 4) is 11.5 Å². The highest BCUT2D eigenvalue weighted by Gasteiger charge is 2.13. The molecule has 1 aromatic carbocycles. The van der Waals surface area contributed by atoms with Crippen LogP contribution in [0.2, 0.25) is 0 Å². The number of aliphatic imine (C=N–C) groups is 1. The molecule has 0 bridgehead atoms. The SMILES string of the molecule is CCNC(=NCc1ccc2c(c1)OCO2)NCc1ccnc(N2CCCCCC2)c1.I. The topological polar surface area (TPSA) is 71.0 Å². The van der Waals surface area contributed by atoms with E-state index in [4.69, 9.17) is 14.5 Å². The van der Waals surface area contributed by atoms with Crippen LogP contribution in [-0.2, 0) is 13.1 Å². The summed E-state index contributed by atoms with van der Waals surface area (Å²) >= 11 is 0. The lowest BCUT2D eigenvalue weighted by molar-refractivity contribution is 0.174. The summed E-state index contributed by atoms with van der Waals surface area (Å²) in [6, 6.07) is 10.2. The largest absolute Gasteiger partial charge is 0.454 e. The molecule has 4 rings (SSSR count). The molecular weight excluding hydrogens is 505 g/mol. The van der Waals surface area contributed by atoms with Gasteiger partial charge in [0.05, 0.1) is 6.54 Å². The third-order valence-electron chi connectivity index (χ3n) is 5.40. The van der Waals surface area contributed by atoms with E-state index in [1.54, 1.807) is 0 Å². The summed E-state index contributed by atoms with van der Waals surface area (Å²) in [5.41, 5.74) is 2.29. The Balaban J connectivity index is 0.00000272. The van der Waals surface area contributed by atoms with Gasteiger partial charge in [0.15, 0.2) is 17.5 Å². The van der Waals surface area contributed by atoms with Crippen LogP contribution in [0.1, 0.15) is 43.7 Å². The van der Waals surface area contributed by atoms with Gasteiger partial charge in [-0.1, -0.05) is 18.9 Å². The second-order valence-corrected chi connectivity index (χ2v) is 7.66. The predicted molar refractivity (Wildman–Crippen MR) is 135 cm³/mol. The maximum atomic E-state index is 5.46. The number of benzene rings is 1. The van der Waals surface area contributed by atoms with Gasteiger partial charge in [-0.3, -0.25) is 0 Å².